The van der Waals surface area contributed by atoms with E-state index in [2.05, 4.69) is 39.4 Å². The third-order valence-electron chi connectivity index (χ3n) is 3.56. The van der Waals surface area contributed by atoms with Gasteiger partial charge in [0.25, 0.3) is 0 Å². The molecule has 1 aromatic heterocycles. The summed E-state index contributed by atoms with van der Waals surface area (Å²) < 4.78 is 0. The summed E-state index contributed by atoms with van der Waals surface area (Å²) >= 11 is 0. The van der Waals surface area contributed by atoms with Gasteiger partial charge in [-0.2, -0.15) is 5.10 Å². The predicted molar refractivity (Wildman–Crippen MR) is 74.7 cm³/mol. The second kappa shape index (κ2) is 5.45. The predicted octanol–water partition coefficient (Wildman–Crippen LogP) is 1.92. The maximum absolute atomic E-state index is 5.55. The molecular formula is C15H18N4. The normalized spacial score (nSPS) is 14.2. The van der Waals surface area contributed by atoms with Crippen molar-refractivity contribution in [1.29, 1.82) is 0 Å². The Balaban J connectivity index is 1.89. The van der Waals surface area contributed by atoms with Crippen LogP contribution < -0.4 is 5.73 Å². The van der Waals surface area contributed by atoms with Gasteiger partial charge in [0.15, 0.2) is 5.82 Å². The summed E-state index contributed by atoms with van der Waals surface area (Å²) in [5.41, 5.74) is 10.0. The Hall–Kier alpha value is -1.81. The first kappa shape index (κ1) is 12.2. The fourth-order valence-electron chi connectivity index (χ4n) is 2.47. The van der Waals surface area contributed by atoms with Crippen molar-refractivity contribution in [1.82, 2.24) is 15.2 Å². The van der Waals surface area contributed by atoms with E-state index in [1.165, 1.54) is 18.4 Å². The minimum atomic E-state index is 0.677. The average Bonchev–Trinajstić information content (AvgIpc) is 2.48. The van der Waals surface area contributed by atoms with Crippen molar-refractivity contribution in [3.63, 3.8) is 0 Å². The highest BCUT2D eigenvalue weighted by Crippen LogP contribution is 2.20. The van der Waals surface area contributed by atoms with E-state index in [0.717, 1.165) is 42.0 Å². The highest BCUT2D eigenvalue weighted by Gasteiger charge is 2.14. The molecule has 0 bridgehead atoms. The molecule has 1 aromatic carbocycles. The summed E-state index contributed by atoms with van der Waals surface area (Å²) in [4.78, 5) is 4.66. The van der Waals surface area contributed by atoms with Gasteiger partial charge in [-0.25, -0.2) is 4.98 Å². The molecule has 0 saturated heterocycles. The summed E-state index contributed by atoms with van der Waals surface area (Å²) in [5, 5.41) is 8.57. The Morgan fingerprint density at radius 3 is 2.42 bits per heavy atom. The monoisotopic (exact) mass is 254 g/mol. The third-order valence-corrected chi connectivity index (χ3v) is 3.56. The van der Waals surface area contributed by atoms with Crippen LogP contribution in [-0.4, -0.2) is 21.7 Å². The van der Waals surface area contributed by atoms with E-state index in [4.69, 9.17) is 5.73 Å². The van der Waals surface area contributed by atoms with E-state index < -0.39 is 0 Å². The van der Waals surface area contributed by atoms with Gasteiger partial charge in [0.1, 0.15) is 0 Å². The number of fused-ring (bicyclic) bond motifs is 1. The maximum atomic E-state index is 5.55. The number of aryl methyl sites for hydroxylation is 2. The molecule has 1 aliphatic carbocycles. The Labute approximate surface area is 113 Å². The largest absolute Gasteiger partial charge is 0.330 e. The number of nitrogens with two attached hydrogens (primary N) is 1. The van der Waals surface area contributed by atoms with E-state index in [1.54, 1.807) is 0 Å². The maximum Gasteiger partial charge on any atom is 0.182 e. The summed E-state index contributed by atoms with van der Waals surface area (Å²) in [5.74, 6) is 0.736. The number of nitrogens with zero attached hydrogens (tertiary/aromatic N) is 3. The molecule has 19 heavy (non-hydrogen) atoms. The van der Waals surface area contributed by atoms with Gasteiger partial charge in [-0.1, -0.05) is 24.3 Å². The topological polar surface area (TPSA) is 64.7 Å². The van der Waals surface area contributed by atoms with E-state index in [-0.39, 0.29) is 0 Å². The average molecular weight is 254 g/mol. The quantitative estimate of drug-likeness (QED) is 0.908. The Kier molecular flexibility index (Phi) is 3.51. The number of hydrogen-bond donors (Lipinski definition) is 1. The van der Waals surface area contributed by atoms with Crippen LogP contribution in [-0.2, 0) is 19.3 Å². The smallest absolute Gasteiger partial charge is 0.182 e. The zero-order chi connectivity index (χ0) is 13.1. The SMILES string of the molecule is NCCc1ccc(-c2nnc3c(n2)CCCC3)cc1. The van der Waals surface area contributed by atoms with Crippen LogP contribution in [0.5, 0.6) is 0 Å². The molecule has 2 aromatic rings. The number of aromatic nitrogens is 3. The first-order valence-corrected chi connectivity index (χ1v) is 6.88. The first-order chi connectivity index (χ1) is 9.36. The van der Waals surface area contributed by atoms with Crippen molar-refractivity contribution in [2.45, 2.75) is 32.1 Å². The van der Waals surface area contributed by atoms with Gasteiger partial charge in [-0.05, 0) is 44.2 Å². The molecular weight excluding hydrogens is 236 g/mol. The number of benzene rings is 1. The fourth-order valence-corrected chi connectivity index (χ4v) is 2.47. The lowest BCUT2D eigenvalue weighted by molar-refractivity contribution is 0.634. The van der Waals surface area contributed by atoms with Crippen LogP contribution in [0.3, 0.4) is 0 Å². The second-order valence-corrected chi connectivity index (χ2v) is 4.97. The minimum absolute atomic E-state index is 0.677. The van der Waals surface area contributed by atoms with Crippen molar-refractivity contribution in [2.75, 3.05) is 6.54 Å². The lowest BCUT2D eigenvalue weighted by Crippen LogP contribution is -2.10. The lowest BCUT2D eigenvalue weighted by atomic mass is 10.0. The molecule has 0 aliphatic heterocycles. The summed E-state index contributed by atoms with van der Waals surface area (Å²) in [6.45, 7) is 0.677. The van der Waals surface area contributed by atoms with Crippen molar-refractivity contribution in [2.24, 2.45) is 5.73 Å². The zero-order valence-electron chi connectivity index (χ0n) is 11.0. The molecule has 98 valence electrons. The molecule has 0 amide bonds. The van der Waals surface area contributed by atoms with Crippen LogP contribution in [0.2, 0.25) is 0 Å². The van der Waals surface area contributed by atoms with Gasteiger partial charge in [0, 0.05) is 5.56 Å². The third kappa shape index (κ3) is 2.63. The van der Waals surface area contributed by atoms with E-state index >= 15 is 0 Å². The molecule has 0 saturated carbocycles. The molecule has 4 heteroatoms. The van der Waals surface area contributed by atoms with E-state index in [0.29, 0.717) is 6.54 Å². The minimum Gasteiger partial charge on any atom is -0.330 e. The van der Waals surface area contributed by atoms with Crippen molar-refractivity contribution in [3.05, 3.63) is 41.2 Å². The van der Waals surface area contributed by atoms with E-state index in [1.807, 2.05) is 0 Å². The molecule has 0 unspecified atom stereocenters. The van der Waals surface area contributed by atoms with Crippen LogP contribution in [0.4, 0.5) is 0 Å². The van der Waals surface area contributed by atoms with Gasteiger partial charge in [-0.15, -0.1) is 5.10 Å². The van der Waals surface area contributed by atoms with Crippen LogP contribution in [0.25, 0.3) is 11.4 Å². The molecule has 4 nitrogen and oxygen atoms in total. The summed E-state index contributed by atoms with van der Waals surface area (Å²) in [7, 11) is 0. The van der Waals surface area contributed by atoms with Gasteiger partial charge in [-0.3, -0.25) is 0 Å². The van der Waals surface area contributed by atoms with Gasteiger partial charge >= 0.3 is 0 Å². The van der Waals surface area contributed by atoms with Gasteiger partial charge in [0.05, 0.1) is 11.4 Å². The highest BCUT2D eigenvalue weighted by atomic mass is 15.2. The van der Waals surface area contributed by atoms with Crippen LogP contribution in [0, 0.1) is 0 Å². The van der Waals surface area contributed by atoms with Crippen LogP contribution in [0.1, 0.15) is 29.8 Å². The molecule has 0 atom stereocenters. The molecule has 0 fully saturated rings. The highest BCUT2D eigenvalue weighted by molar-refractivity contribution is 5.55. The molecule has 0 radical (unpaired) electrons. The van der Waals surface area contributed by atoms with Crippen molar-refractivity contribution < 1.29 is 0 Å². The van der Waals surface area contributed by atoms with Crippen molar-refractivity contribution >= 4 is 0 Å². The van der Waals surface area contributed by atoms with E-state index in [9.17, 15) is 0 Å². The number of rotatable bonds is 3. The Morgan fingerprint density at radius 2 is 1.68 bits per heavy atom. The molecule has 1 heterocycles. The molecule has 2 N–H and O–H groups in total. The van der Waals surface area contributed by atoms with Crippen LogP contribution in [0.15, 0.2) is 24.3 Å². The van der Waals surface area contributed by atoms with Gasteiger partial charge < -0.3 is 5.73 Å². The summed E-state index contributed by atoms with van der Waals surface area (Å²) in [6, 6.07) is 8.28. The van der Waals surface area contributed by atoms with Crippen LogP contribution >= 0.6 is 0 Å². The second-order valence-electron chi connectivity index (χ2n) is 4.97. The summed E-state index contributed by atoms with van der Waals surface area (Å²) in [6.07, 6.45) is 5.37. The molecule has 1 aliphatic rings. The Bertz CT molecular complexity index is 563. The fraction of sp³-hybridized carbons (Fsp3) is 0.400. The molecule has 0 spiro atoms. The standard InChI is InChI=1S/C15H18N4/c16-10-9-11-5-7-12(8-6-11)15-17-13-3-1-2-4-14(13)18-19-15/h5-8H,1-4,9-10,16H2. The first-order valence-electron chi connectivity index (χ1n) is 6.88. The zero-order valence-corrected chi connectivity index (χ0v) is 11.0. The molecule has 3 rings (SSSR count). The lowest BCUT2D eigenvalue weighted by Gasteiger charge is -2.13. The number of hydrogen-bond acceptors (Lipinski definition) is 4. The van der Waals surface area contributed by atoms with Crippen molar-refractivity contribution in [3.8, 4) is 11.4 Å². The Morgan fingerprint density at radius 1 is 0.947 bits per heavy atom. The van der Waals surface area contributed by atoms with Gasteiger partial charge in [0.2, 0.25) is 0 Å².